The van der Waals surface area contributed by atoms with Crippen LogP contribution in [-0.4, -0.2) is 11.9 Å². The number of hydrogen-bond acceptors (Lipinski definition) is 4. The molecule has 0 N–H and O–H groups in total. The molecule has 0 amide bonds. The summed E-state index contributed by atoms with van der Waals surface area (Å²) >= 11 is 0. The molecule has 0 radical (unpaired) electrons. The molecule has 5 heteroatoms. The van der Waals surface area contributed by atoms with Crippen molar-refractivity contribution in [2.75, 3.05) is 0 Å². The molecule has 0 bridgehead atoms. The molecule has 0 saturated heterocycles. The summed E-state index contributed by atoms with van der Waals surface area (Å²) in [5.74, 6) is -1.08. The Morgan fingerprint density at radius 3 is 2.00 bits per heavy atom. The molecular formula is C18H17FO4. The summed E-state index contributed by atoms with van der Waals surface area (Å²) in [5, 5.41) is 0. The van der Waals surface area contributed by atoms with Crippen molar-refractivity contribution in [1.82, 2.24) is 0 Å². The van der Waals surface area contributed by atoms with Crippen LogP contribution in [0.1, 0.15) is 24.0 Å². The van der Waals surface area contributed by atoms with Crippen molar-refractivity contribution in [2.24, 2.45) is 0 Å². The van der Waals surface area contributed by atoms with Crippen LogP contribution in [0.15, 0.2) is 42.5 Å². The number of esters is 2. The lowest BCUT2D eigenvalue weighted by Crippen LogP contribution is -2.14. The van der Waals surface area contributed by atoms with E-state index in [1.165, 1.54) is 18.2 Å². The quantitative estimate of drug-likeness (QED) is 0.623. The summed E-state index contributed by atoms with van der Waals surface area (Å²) < 4.78 is 23.1. The molecule has 0 heterocycles. The maximum absolute atomic E-state index is 13.0. The molecule has 2 rings (SSSR count). The summed E-state index contributed by atoms with van der Waals surface area (Å²) in [5.41, 5.74) is 1.97. The van der Waals surface area contributed by atoms with E-state index in [4.69, 9.17) is 9.47 Å². The first-order chi connectivity index (χ1) is 10.9. The van der Waals surface area contributed by atoms with Crippen LogP contribution in [0.2, 0.25) is 0 Å². The van der Waals surface area contributed by atoms with Crippen molar-refractivity contribution in [3.63, 3.8) is 0 Å². The van der Waals surface area contributed by atoms with E-state index in [0.717, 1.165) is 17.2 Å². The monoisotopic (exact) mass is 316 g/mol. The van der Waals surface area contributed by atoms with Crippen molar-refractivity contribution in [3.05, 3.63) is 59.4 Å². The average Bonchev–Trinajstić information content (AvgIpc) is 2.44. The zero-order valence-electron chi connectivity index (χ0n) is 13.0. The van der Waals surface area contributed by atoms with Crippen LogP contribution in [0.25, 0.3) is 0 Å². The van der Waals surface area contributed by atoms with Gasteiger partial charge in [0.15, 0.2) is 0 Å². The number of benzene rings is 2. The minimum Gasteiger partial charge on any atom is -0.426 e. The standard InChI is InChI=1S/C18H17FO4/c1-12-8-13(2)10-16(9-12)23-18(21)7-6-17(20)22-15-5-3-4-14(19)11-15/h3-5,8-11H,6-7H2,1-2H3. The minimum atomic E-state index is -0.618. The number of rotatable bonds is 5. The molecule has 0 aliphatic carbocycles. The van der Waals surface area contributed by atoms with Gasteiger partial charge in [-0.3, -0.25) is 9.59 Å². The van der Waals surface area contributed by atoms with Crippen LogP contribution >= 0.6 is 0 Å². The third-order valence-corrected chi connectivity index (χ3v) is 2.99. The van der Waals surface area contributed by atoms with E-state index in [1.54, 1.807) is 12.1 Å². The lowest BCUT2D eigenvalue weighted by Gasteiger charge is -2.07. The van der Waals surface area contributed by atoms with Gasteiger partial charge in [0.2, 0.25) is 0 Å². The zero-order chi connectivity index (χ0) is 16.8. The third kappa shape index (κ3) is 5.54. The van der Waals surface area contributed by atoms with E-state index in [-0.39, 0.29) is 18.6 Å². The van der Waals surface area contributed by atoms with E-state index >= 15 is 0 Å². The Labute approximate surface area is 133 Å². The normalized spacial score (nSPS) is 10.2. The zero-order valence-corrected chi connectivity index (χ0v) is 13.0. The first kappa shape index (κ1) is 16.7. The number of halogens is 1. The van der Waals surface area contributed by atoms with E-state index in [2.05, 4.69) is 0 Å². The van der Waals surface area contributed by atoms with Gasteiger partial charge in [0.05, 0.1) is 12.8 Å². The molecule has 23 heavy (non-hydrogen) atoms. The number of aryl methyl sites for hydroxylation is 2. The number of ether oxygens (including phenoxy) is 2. The van der Waals surface area contributed by atoms with Gasteiger partial charge in [-0.2, -0.15) is 0 Å². The van der Waals surface area contributed by atoms with Crippen LogP contribution in [0.5, 0.6) is 11.5 Å². The second-order valence-electron chi connectivity index (χ2n) is 5.23. The molecule has 0 fully saturated rings. The molecule has 0 spiro atoms. The fraction of sp³-hybridized carbons (Fsp3) is 0.222. The van der Waals surface area contributed by atoms with Gasteiger partial charge in [0, 0.05) is 6.07 Å². The summed E-state index contributed by atoms with van der Waals surface area (Å²) in [6, 6.07) is 10.7. The van der Waals surface area contributed by atoms with Gasteiger partial charge in [-0.25, -0.2) is 4.39 Å². The summed E-state index contributed by atoms with van der Waals surface area (Å²) in [6.45, 7) is 3.81. The molecular weight excluding hydrogens is 299 g/mol. The van der Waals surface area contributed by atoms with E-state index in [9.17, 15) is 14.0 Å². The topological polar surface area (TPSA) is 52.6 Å². The van der Waals surface area contributed by atoms with Gasteiger partial charge >= 0.3 is 11.9 Å². The minimum absolute atomic E-state index is 0.109. The molecule has 4 nitrogen and oxygen atoms in total. The highest BCUT2D eigenvalue weighted by Crippen LogP contribution is 2.17. The Hall–Kier alpha value is -2.69. The SMILES string of the molecule is Cc1cc(C)cc(OC(=O)CCC(=O)Oc2cccc(F)c2)c1. The number of carbonyl (C=O) groups is 2. The largest absolute Gasteiger partial charge is 0.426 e. The Kier molecular flexibility index (Phi) is 5.46. The Bertz CT molecular complexity index is 704. The molecule has 0 saturated carbocycles. The Morgan fingerprint density at radius 2 is 1.43 bits per heavy atom. The summed E-state index contributed by atoms with van der Waals surface area (Å²) in [4.78, 5) is 23.4. The predicted octanol–water partition coefficient (Wildman–Crippen LogP) is 3.73. The van der Waals surface area contributed by atoms with Gasteiger partial charge in [0.1, 0.15) is 17.3 Å². The maximum Gasteiger partial charge on any atom is 0.311 e. The van der Waals surface area contributed by atoms with Crippen LogP contribution in [0.3, 0.4) is 0 Å². The van der Waals surface area contributed by atoms with Crippen LogP contribution in [0, 0.1) is 19.7 Å². The fourth-order valence-electron chi connectivity index (χ4n) is 2.09. The van der Waals surface area contributed by atoms with Crippen molar-refractivity contribution >= 4 is 11.9 Å². The Morgan fingerprint density at radius 1 is 0.870 bits per heavy atom. The predicted molar refractivity (Wildman–Crippen MR) is 82.8 cm³/mol. The average molecular weight is 316 g/mol. The van der Waals surface area contributed by atoms with Crippen LogP contribution in [-0.2, 0) is 9.59 Å². The molecule has 0 unspecified atom stereocenters. The lowest BCUT2D eigenvalue weighted by molar-refractivity contribution is -0.140. The molecule has 0 aromatic heterocycles. The highest BCUT2D eigenvalue weighted by molar-refractivity contribution is 5.80. The van der Waals surface area contributed by atoms with Crippen molar-refractivity contribution in [2.45, 2.75) is 26.7 Å². The van der Waals surface area contributed by atoms with Crippen molar-refractivity contribution < 1.29 is 23.5 Å². The molecule has 0 aliphatic rings. The first-order valence-corrected chi connectivity index (χ1v) is 7.17. The van der Waals surface area contributed by atoms with E-state index < -0.39 is 17.8 Å². The molecule has 0 atom stereocenters. The Balaban J connectivity index is 1.83. The van der Waals surface area contributed by atoms with Crippen molar-refractivity contribution in [1.29, 1.82) is 0 Å². The second kappa shape index (κ2) is 7.54. The highest BCUT2D eigenvalue weighted by atomic mass is 19.1. The molecule has 0 aliphatic heterocycles. The second-order valence-corrected chi connectivity index (χ2v) is 5.23. The molecule has 2 aromatic carbocycles. The fourth-order valence-corrected chi connectivity index (χ4v) is 2.09. The lowest BCUT2D eigenvalue weighted by atomic mass is 10.1. The first-order valence-electron chi connectivity index (χ1n) is 7.17. The van der Waals surface area contributed by atoms with E-state index in [1.807, 2.05) is 19.9 Å². The van der Waals surface area contributed by atoms with Gasteiger partial charge < -0.3 is 9.47 Å². The number of carbonyl (C=O) groups excluding carboxylic acids is 2. The van der Waals surface area contributed by atoms with Crippen molar-refractivity contribution in [3.8, 4) is 11.5 Å². The summed E-state index contributed by atoms with van der Waals surface area (Å²) in [7, 11) is 0. The van der Waals surface area contributed by atoms with Crippen LogP contribution < -0.4 is 9.47 Å². The smallest absolute Gasteiger partial charge is 0.311 e. The summed E-state index contributed by atoms with van der Waals surface area (Å²) in [6.07, 6.45) is -0.249. The number of hydrogen-bond donors (Lipinski definition) is 0. The van der Waals surface area contributed by atoms with Gasteiger partial charge in [-0.1, -0.05) is 12.1 Å². The third-order valence-electron chi connectivity index (χ3n) is 2.99. The molecule has 120 valence electrons. The molecule has 2 aromatic rings. The maximum atomic E-state index is 13.0. The highest BCUT2D eigenvalue weighted by Gasteiger charge is 2.11. The van der Waals surface area contributed by atoms with Crippen LogP contribution in [0.4, 0.5) is 4.39 Å². The van der Waals surface area contributed by atoms with Gasteiger partial charge in [-0.15, -0.1) is 0 Å². The van der Waals surface area contributed by atoms with Gasteiger partial charge in [0.25, 0.3) is 0 Å². The van der Waals surface area contributed by atoms with Gasteiger partial charge in [-0.05, 0) is 49.2 Å². The van der Waals surface area contributed by atoms with E-state index in [0.29, 0.717) is 5.75 Å².